The predicted octanol–water partition coefficient (Wildman–Crippen LogP) is 4.02. The Kier molecular flexibility index (Phi) is 10.8. The third kappa shape index (κ3) is 8.57. The van der Waals surface area contributed by atoms with Crippen molar-refractivity contribution in [2.45, 2.75) is 50.0 Å². The van der Waals surface area contributed by atoms with E-state index in [1.807, 2.05) is 0 Å². The molecule has 0 saturated heterocycles. The fraction of sp³-hybridized carbons (Fsp3) is 0.391. The van der Waals surface area contributed by atoms with Gasteiger partial charge in [-0.15, -0.1) is 0 Å². The molecular weight excluding hydrogens is 558 g/mol. The van der Waals surface area contributed by atoms with Gasteiger partial charge >= 0.3 is 12.1 Å². The number of alkyl halides is 3. The van der Waals surface area contributed by atoms with Crippen LogP contribution in [0.1, 0.15) is 46.8 Å². The SMILES string of the molecule is CCS(=O)(=O)c1ccc(Cl)cc1CNC(=O)c1cc(Cl)c(CNCCC[C@H](N)C(=O)O)c(C(F)(F)F)c1. The van der Waals surface area contributed by atoms with Crippen LogP contribution in [0.15, 0.2) is 35.2 Å². The Morgan fingerprint density at radius 3 is 2.41 bits per heavy atom. The van der Waals surface area contributed by atoms with Gasteiger partial charge in [-0.3, -0.25) is 9.59 Å². The average molecular weight is 584 g/mol. The Hall–Kier alpha value is -2.38. The number of nitrogens with one attached hydrogen (secondary N) is 2. The van der Waals surface area contributed by atoms with Crippen molar-refractivity contribution in [3.8, 4) is 0 Å². The zero-order valence-electron chi connectivity index (χ0n) is 19.7. The van der Waals surface area contributed by atoms with E-state index in [0.29, 0.717) is 12.5 Å². The highest BCUT2D eigenvalue weighted by Crippen LogP contribution is 2.36. The van der Waals surface area contributed by atoms with E-state index in [4.69, 9.17) is 34.0 Å². The van der Waals surface area contributed by atoms with E-state index < -0.39 is 39.5 Å². The van der Waals surface area contributed by atoms with E-state index in [1.54, 1.807) is 0 Å². The molecule has 0 fully saturated rings. The number of carbonyl (C=O) groups excluding carboxylic acids is 1. The topological polar surface area (TPSA) is 139 Å². The van der Waals surface area contributed by atoms with Crippen LogP contribution in [0.4, 0.5) is 13.2 Å². The minimum absolute atomic E-state index is 0.0422. The van der Waals surface area contributed by atoms with Gasteiger partial charge in [0.15, 0.2) is 9.84 Å². The van der Waals surface area contributed by atoms with Crippen molar-refractivity contribution < 1.29 is 36.3 Å². The molecule has 37 heavy (non-hydrogen) atoms. The first-order chi connectivity index (χ1) is 17.2. The summed E-state index contributed by atoms with van der Waals surface area (Å²) in [7, 11) is -3.64. The van der Waals surface area contributed by atoms with Gasteiger partial charge in [-0.05, 0) is 60.8 Å². The Bertz CT molecular complexity index is 1260. The molecule has 0 bridgehead atoms. The molecule has 0 aliphatic carbocycles. The van der Waals surface area contributed by atoms with Crippen molar-refractivity contribution in [1.82, 2.24) is 10.6 Å². The van der Waals surface area contributed by atoms with Crippen molar-refractivity contribution in [1.29, 1.82) is 0 Å². The molecule has 1 atom stereocenters. The lowest BCUT2D eigenvalue weighted by molar-refractivity contribution is -0.139. The standard InChI is InChI=1S/C23H26Cl2F3N3O5S/c1-2-37(35,36)20-6-5-15(24)8-14(20)11-31-21(32)13-9-17(23(26,27)28)16(18(25)10-13)12-30-7-3-4-19(29)22(33)34/h5-6,8-10,19,30H,2-4,7,11-12,29H2,1H3,(H,31,32)(H,33,34)/t19-/m0/s1. The molecule has 0 saturated carbocycles. The quantitative estimate of drug-likeness (QED) is 0.277. The van der Waals surface area contributed by atoms with Gasteiger partial charge in [0.25, 0.3) is 5.91 Å². The second kappa shape index (κ2) is 12.9. The van der Waals surface area contributed by atoms with Crippen molar-refractivity contribution in [3.05, 3.63) is 62.6 Å². The molecule has 0 aromatic heterocycles. The zero-order valence-corrected chi connectivity index (χ0v) is 22.0. The molecule has 1 amide bonds. The summed E-state index contributed by atoms with van der Waals surface area (Å²) in [6, 6.07) is 4.73. The van der Waals surface area contributed by atoms with E-state index in [-0.39, 0.29) is 63.4 Å². The lowest BCUT2D eigenvalue weighted by atomic mass is 10.0. The average Bonchev–Trinajstić information content (AvgIpc) is 2.81. The molecule has 14 heteroatoms. The monoisotopic (exact) mass is 583 g/mol. The van der Waals surface area contributed by atoms with Gasteiger partial charge in [0, 0.05) is 28.7 Å². The molecular formula is C23H26Cl2F3N3O5S. The zero-order chi connectivity index (χ0) is 28.0. The van der Waals surface area contributed by atoms with Crippen molar-refractivity contribution in [3.63, 3.8) is 0 Å². The maximum absolute atomic E-state index is 13.8. The summed E-state index contributed by atoms with van der Waals surface area (Å²) >= 11 is 12.1. The molecule has 5 N–H and O–H groups in total. The number of hydrogen-bond donors (Lipinski definition) is 4. The number of carboxylic acids is 1. The van der Waals surface area contributed by atoms with Gasteiger partial charge in [-0.25, -0.2) is 8.42 Å². The molecule has 2 aromatic rings. The largest absolute Gasteiger partial charge is 0.480 e. The van der Waals surface area contributed by atoms with Crippen molar-refractivity contribution in [2.24, 2.45) is 5.73 Å². The van der Waals surface area contributed by atoms with Crippen LogP contribution in [-0.2, 0) is 33.9 Å². The van der Waals surface area contributed by atoms with Crippen molar-refractivity contribution in [2.75, 3.05) is 12.3 Å². The van der Waals surface area contributed by atoms with Crippen molar-refractivity contribution >= 4 is 44.9 Å². The first-order valence-electron chi connectivity index (χ1n) is 11.1. The highest BCUT2D eigenvalue weighted by atomic mass is 35.5. The lowest BCUT2D eigenvalue weighted by Gasteiger charge is -2.17. The highest BCUT2D eigenvalue weighted by molar-refractivity contribution is 7.91. The summed E-state index contributed by atoms with van der Waals surface area (Å²) in [5.74, 6) is -2.26. The van der Waals surface area contributed by atoms with Gasteiger partial charge in [-0.2, -0.15) is 13.2 Å². The predicted molar refractivity (Wildman–Crippen MR) is 133 cm³/mol. The van der Waals surface area contributed by atoms with Crippen LogP contribution in [-0.4, -0.2) is 43.7 Å². The second-order valence-electron chi connectivity index (χ2n) is 8.08. The summed E-state index contributed by atoms with van der Waals surface area (Å²) in [5.41, 5.74) is 3.82. The molecule has 0 radical (unpaired) electrons. The first kappa shape index (κ1) is 30.8. The molecule has 0 heterocycles. The molecule has 0 aliphatic rings. The van der Waals surface area contributed by atoms with Gasteiger partial charge < -0.3 is 21.5 Å². The van der Waals surface area contributed by atoms with Crippen LogP contribution >= 0.6 is 23.2 Å². The molecule has 2 aromatic carbocycles. The number of amides is 1. The Morgan fingerprint density at radius 1 is 1.14 bits per heavy atom. The van der Waals surface area contributed by atoms with Gasteiger partial charge in [0.2, 0.25) is 0 Å². The maximum Gasteiger partial charge on any atom is 0.416 e. The third-order valence-electron chi connectivity index (χ3n) is 5.43. The van der Waals surface area contributed by atoms with Crippen LogP contribution in [0, 0.1) is 0 Å². The minimum atomic E-state index is -4.82. The number of carbonyl (C=O) groups is 2. The molecule has 0 spiro atoms. The normalized spacial score (nSPS) is 12.8. The number of nitrogens with two attached hydrogens (primary N) is 1. The minimum Gasteiger partial charge on any atom is -0.480 e. The Balaban J connectivity index is 2.21. The number of rotatable bonds is 12. The Labute approximate surface area is 222 Å². The van der Waals surface area contributed by atoms with E-state index in [2.05, 4.69) is 10.6 Å². The summed E-state index contributed by atoms with van der Waals surface area (Å²) in [6.07, 6.45) is -4.38. The van der Waals surface area contributed by atoms with Gasteiger partial charge in [0.05, 0.1) is 16.2 Å². The number of carboxylic acid groups (broad SMARTS) is 1. The third-order valence-corrected chi connectivity index (χ3v) is 7.83. The van der Waals surface area contributed by atoms with Crippen LogP contribution < -0.4 is 16.4 Å². The van der Waals surface area contributed by atoms with Gasteiger partial charge in [0.1, 0.15) is 6.04 Å². The summed E-state index contributed by atoms with van der Waals surface area (Å²) in [4.78, 5) is 23.4. The molecule has 204 valence electrons. The smallest absolute Gasteiger partial charge is 0.416 e. The summed E-state index contributed by atoms with van der Waals surface area (Å²) in [6.45, 7) is 1.07. The van der Waals surface area contributed by atoms with E-state index in [0.717, 1.165) is 6.07 Å². The fourth-order valence-corrected chi connectivity index (χ4v) is 5.00. The number of sulfone groups is 1. The number of halogens is 5. The van der Waals surface area contributed by atoms with E-state index in [9.17, 15) is 31.2 Å². The first-order valence-corrected chi connectivity index (χ1v) is 13.5. The molecule has 2 rings (SSSR count). The van der Waals surface area contributed by atoms with Crippen LogP contribution in [0.5, 0.6) is 0 Å². The maximum atomic E-state index is 13.8. The number of hydrogen-bond acceptors (Lipinski definition) is 6. The number of benzene rings is 2. The molecule has 0 aliphatic heterocycles. The summed E-state index contributed by atoms with van der Waals surface area (Å²) in [5, 5.41) is 13.9. The van der Waals surface area contributed by atoms with Crippen LogP contribution in [0.25, 0.3) is 0 Å². The molecule has 0 unspecified atom stereocenters. The lowest BCUT2D eigenvalue weighted by Crippen LogP contribution is -2.31. The van der Waals surface area contributed by atoms with Crippen LogP contribution in [0.3, 0.4) is 0 Å². The van der Waals surface area contributed by atoms with Gasteiger partial charge in [-0.1, -0.05) is 30.1 Å². The highest BCUT2D eigenvalue weighted by Gasteiger charge is 2.35. The number of aliphatic carboxylic acids is 1. The Morgan fingerprint density at radius 2 is 1.81 bits per heavy atom. The fourth-order valence-electron chi connectivity index (χ4n) is 3.41. The summed E-state index contributed by atoms with van der Waals surface area (Å²) < 4.78 is 66.0. The van der Waals surface area contributed by atoms with E-state index >= 15 is 0 Å². The van der Waals surface area contributed by atoms with Crippen LogP contribution in [0.2, 0.25) is 10.0 Å². The second-order valence-corrected chi connectivity index (χ2v) is 11.2. The molecule has 8 nitrogen and oxygen atoms in total. The van der Waals surface area contributed by atoms with E-state index in [1.165, 1.54) is 25.1 Å².